The van der Waals surface area contributed by atoms with Gasteiger partial charge >= 0.3 is 5.97 Å². The van der Waals surface area contributed by atoms with Gasteiger partial charge in [0.15, 0.2) is 11.0 Å². The number of fused-ring (bicyclic) bond motifs is 4. The fourth-order valence-corrected chi connectivity index (χ4v) is 6.30. The third-order valence-corrected chi connectivity index (χ3v) is 8.63. The van der Waals surface area contributed by atoms with E-state index in [1.807, 2.05) is 36.4 Å². The van der Waals surface area contributed by atoms with Crippen molar-refractivity contribution in [3.05, 3.63) is 174 Å². The molecule has 7 aromatic carbocycles. The summed E-state index contributed by atoms with van der Waals surface area (Å²) in [5, 5.41) is 7.20. The molecule has 0 fully saturated rings. The highest BCUT2D eigenvalue weighted by Gasteiger charge is 2.20. The van der Waals surface area contributed by atoms with Crippen LogP contribution in [0.3, 0.4) is 0 Å². The lowest BCUT2D eigenvalue weighted by Crippen LogP contribution is -3.00. The van der Waals surface area contributed by atoms with Crippen molar-refractivity contribution in [2.75, 3.05) is 0 Å². The first-order valence-corrected chi connectivity index (χ1v) is 15.3. The number of benzene rings is 7. The van der Waals surface area contributed by atoms with Crippen molar-refractivity contribution in [3.8, 4) is 0 Å². The van der Waals surface area contributed by atoms with Crippen LogP contribution in [0.5, 0.6) is 0 Å². The Labute approximate surface area is 277 Å². The molecule has 0 aliphatic heterocycles. The molecule has 0 spiro atoms. The standard InChI is InChI=1S/C41H31N2O2.BrH/c44-41(45-27-31-15-18-34-9-3-6-12-37(34)23-31)38-19-20-39-40(24-38)43(26-30-14-17-33-8-2-5-11-36(33)22-30)28-42(39)25-29-13-16-32-7-1-4-10-35(32)21-29;/h1-24,28H,25-27H2;1H/q+1;/p-1. The van der Waals surface area contributed by atoms with Gasteiger partial charge in [-0.3, -0.25) is 0 Å². The molecule has 0 saturated heterocycles. The van der Waals surface area contributed by atoms with E-state index >= 15 is 0 Å². The predicted molar refractivity (Wildman–Crippen MR) is 181 cm³/mol. The smallest absolute Gasteiger partial charge is 0.338 e. The lowest BCUT2D eigenvalue weighted by Gasteiger charge is -2.07. The molecule has 0 amide bonds. The Hall–Kier alpha value is -5.26. The average Bonchev–Trinajstić information content (AvgIpc) is 3.42. The van der Waals surface area contributed by atoms with Gasteiger partial charge in [-0.25, -0.2) is 13.9 Å². The van der Waals surface area contributed by atoms with Gasteiger partial charge in [0.2, 0.25) is 6.33 Å². The fraction of sp³-hybridized carbons (Fsp3) is 0.0732. The number of nitrogens with zero attached hydrogens (tertiary/aromatic N) is 2. The molecule has 0 atom stereocenters. The molecule has 46 heavy (non-hydrogen) atoms. The van der Waals surface area contributed by atoms with Crippen molar-refractivity contribution in [2.24, 2.45) is 0 Å². The second-order valence-electron chi connectivity index (χ2n) is 11.7. The molecule has 8 aromatic rings. The minimum absolute atomic E-state index is 0. The number of ether oxygens (including phenoxy) is 1. The predicted octanol–water partition coefficient (Wildman–Crippen LogP) is 5.85. The van der Waals surface area contributed by atoms with Crippen LogP contribution in [0, 0.1) is 0 Å². The molecule has 0 aliphatic carbocycles. The molecule has 1 aromatic heterocycles. The van der Waals surface area contributed by atoms with Crippen LogP contribution in [0.15, 0.2) is 152 Å². The third-order valence-electron chi connectivity index (χ3n) is 8.63. The summed E-state index contributed by atoms with van der Waals surface area (Å²) in [5.74, 6) is -0.329. The molecule has 224 valence electrons. The van der Waals surface area contributed by atoms with Gasteiger partial charge in [-0.15, -0.1) is 0 Å². The molecule has 0 unspecified atom stereocenters. The number of esters is 1. The Kier molecular flexibility index (Phi) is 8.08. The summed E-state index contributed by atoms with van der Waals surface area (Å²) < 4.78 is 10.3. The summed E-state index contributed by atoms with van der Waals surface area (Å²) in [6.45, 7) is 1.63. The largest absolute Gasteiger partial charge is 1.00 e. The number of hydrogen-bond acceptors (Lipinski definition) is 2. The highest BCUT2D eigenvalue weighted by molar-refractivity contribution is 5.93. The van der Waals surface area contributed by atoms with E-state index in [0.29, 0.717) is 12.1 Å². The van der Waals surface area contributed by atoms with E-state index in [9.17, 15) is 4.79 Å². The zero-order chi connectivity index (χ0) is 30.2. The summed E-state index contributed by atoms with van der Waals surface area (Å²) in [7, 11) is 0. The van der Waals surface area contributed by atoms with Gasteiger partial charge in [-0.05, 0) is 79.3 Å². The number of hydrogen-bond donors (Lipinski definition) is 0. The summed E-state index contributed by atoms with van der Waals surface area (Å²) in [5.41, 5.74) is 5.99. The summed E-state index contributed by atoms with van der Waals surface area (Å²) in [4.78, 5) is 13.3. The van der Waals surface area contributed by atoms with Gasteiger partial charge in [-0.1, -0.05) is 109 Å². The highest BCUT2D eigenvalue weighted by atomic mass is 79.9. The number of halogens is 1. The van der Waals surface area contributed by atoms with Crippen molar-refractivity contribution in [2.45, 2.75) is 19.7 Å². The SMILES string of the molecule is O=C(OCc1ccc2ccccc2c1)c1ccc2c(c1)n(Cc1ccc3ccccc3c1)c[n+]2Cc1ccc2ccccc2c1.[Br-]. The molecule has 0 saturated carbocycles. The van der Waals surface area contributed by atoms with Gasteiger partial charge in [0, 0.05) is 6.07 Å². The normalized spacial score (nSPS) is 11.2. The van der Waals surface area contributed by atoms with Crippen molar-refractivity contribution < 1.29 is 31.1 Å². The van der Waals surface area contributed by atoms with Crippen LogP contribution in [-0.4, -0.2) is 10.5 Å². The van der Waals surface area contributed by atoms with Crippen LogP contribution < -0.4 is 21.5 Å². The second kappa shape index (κ2) is 12.6. The van der Waals surface area contributed by atoms with Crippen LogP contribution in [0.1, 0.15) is 27.0 Å². The minimum Gasteiger partial charge on any atom is -1.00 e. The van der Waals surface area contributed by atoms with E-state index in [1.54, 1.807) is 0 Å². The number of aromatic nitrogens is 2. The van der Waals surface area contributed by atoms with Crippen molar-refractivity contribution >= 4 is 49.3 Å². The second-order valence-corrected chi connectivity index (χ2v) is 11.7. The summed E-state index contributed by atoms with van der Waals surface area (Å²) in [6.07, 6.45) is 2.17. The molecule has 1 heterocycles. The molecule has 0 aliphatic rings. The van der Waals surface area contributed by atoms with Crippen LogP contribution in [-0.2, 0) is 24.4 Å². The average molecular weight is 664 g/mol. The van der Waals surface area contributed by atoms with E-state index in [1.165, 1.54) is 38.1 Å². The Morgan fingerprint density at radius 3 is 1.72 bits per heavy atom. The van der Waals surface area contributed by atoms with Gasteiger partial charge in [0.1, 0.15) is 19.7 Å². The molecular formula is C41H31BrN2O2. The quantitative estimate of drug-likeness (QED) is 0.159. The Morgan fingerprint density at radius 1 is 0.565 bits per heavy atom. The first kappa shape index (κ1) is 29.5. The maximum absolute atomic E-state index is 13.3. The summed E-state index contributed by atoms with van der Waals surface area (Å²) >= 11 is 0. The number of carbonyl (C=O) groups excluding carboxylic acids is 1. The van der Waals surface area contributed by atoms with Crippen LogP contribution in [0.25, 0.3) is 43.4 Å². The minimum atomic E-state index is -0.329. The molecule has 0 radical (unpaired) electrons. The fourth-order valence-electron chi connectivity index (χ4n) is 6.30. The van der Waals surface area contributed by atoms with Gasteiger partial charge < -0.3 is 21.7 Å². The maximum atomic E-state index is 13.3. The van der Waals surface area contributed by atoms with E-state index in [-0.39, 0.29) is 29.6 Å². The Bertz CT molecular complexity index is 2380. The first-order chi connectivity index (χ1) is 22.2. The molecule has 4 nitrogen and oxygen atoms in total. The van der Waals surface area contributed by atoms with Gasteiger partial charge in [-0.2, -0.15) is 0 Å². The molecule has 8 rings (SSSR count). The zero-order valence-electron chi connectivity index (χ0n) is 25.1. The maximum Gasteiger partial charge on any atom is 0.338 e. The van der Waals surface area contributed by atoms with Crippen molar-refractivity contribution in [3.63, 3.8) is 0 Å². The lowest BCUT2D eigenvalue weighted by molar-refractivity contribution is -0.663. The van der Waals surface area contributed by atoms with Gasteiger partial charge in [0.05, 0.1) is 5.56 Å². The molecule has 0 bridgehead atoms. The molecule has 5 heteroatoms. The highest BCUT2D eigenvalue weighted by Crippen LogP contribution is 2.22. The monoisotopic (exact) mass is 662 g/mol. The molecular weight excluding hydrogens is 632 g/mol. The summed E-state index contributed by atoms with van der Waals surface area (Å²) in [6, 6.07) is 50.4. The van der Waals surface area contributed by atoms with Crippen molar-refractivity contribution in [1.29, 1.82) is 0 Å². The van der Waals surface area contributed by atoms with E-state index in [0.717, 1.165) is 28.5 Å². The number of rotatable bonds is 7. The molecule has 0 N–H and O–H groups in total. The first-order valence-electron chi connectivity index (χ1n) is 15.3. The lowest BCUT2D eigenvalue weighted by atomic mass is 10.1. The van der Waals surface area contributed by atoms with E-state index < -0.39 is 0 Å². The van der Waals surface area contributed by atoms with E-state index in [2.05, 4.69) is 125 Å². The Morgan fingerprint density at radius 2 is 1.09 bits per heavy atom. The van der Waals surface area contributed by atoms with Crippen LogP contribution in [0.4, 0.5) is 0 Å². The topological polar surface area (TPSA) is 35.1 Å². The van der Waals surface area contributed by atoms with Crippen molar-refractivity contribution in [1.82, 2.24) is 4.57 Å². The number of imidazole rings is 1. The van der Waals surface area contributed by atoms with E-state index in [4.69, 9.17) is 4.74 Å². The number of carbonyl (C=O) groups is 1. The zero-order valence-corrected chi connectivity index (χ0v) is 26.7. The Balaban J connectivity index is 0.00000338. The third kappa shape index (κ3) is 5.90. The van der Waals surface area contributed by atoms with Crippen LogP contribution >= 0.6 is 0 Å². The van der Waals surface area contributed by atoms with Crippen LogP contribution in [0.2, 0.25) is 0 Å². The van der Waals surface area contributed by atoms with Gasteiger partial charge in [0.25, 0.3) is 0 Å².